The highest BCUT2D eigenvalue weighted by Crippen LogP contribution is 2.18. The molecule has 1 amide bonds. The summed E-state index contributed by atoms with van der Waals surface area (Å²) in [4.78, 5) is 14.0. The van der Waals surface area contributed by atoms with Crippen molar-refractivity contribution in [3.63, 3.8) is 0 Å². The lowest BCUT2D eigenvalue weighted by Crippen LogP contribution is -2.52. The molecule has 0 bridgehead atoms. The van der Waals surface area contributed by atoms with Gasteiger partial charge in [-0.25, -0.2) is 0 Å². The van der Waals surface area contributed by atoms with Gasteiger partial charge in [-0.3, -0.25) is 4.79 Å². The highest BCUT2D eigenvalue weighted by Gasteiger charge is 2.33. The van der Waals surface area contributed by atoms with Gasteiger partial charge in [0.1, 0.15) is 6.10 Å². The first-order valence-corrected chi connectivity index (χ1v) is 6.29. The zero-order valence-corrected chi connectivity index (χ0v) is 10.6. The highest BCUT2D eigenvalue weighted by atomic mass is 16.5. The maximum absolute atomic E-state index is 12.1. The topological polar surface area (TPSA) is 49.8 Å². The van der Waals surface area contributed by atoms with Crippen molar-refractivity contribution in [1.29, 1.82) is 0 Å². The van der Waals surface area contributed by atoms with Crippen molar-refractivity contribution in [2.45, 2.75) is 32.0 Å². The predicted octanol–water partition coefficient (Wildman–Crippen LogP) is 1.18. The molecule has 98 valence electrons. The van der Waals surface area contributed by atoms with Crippen LogP contribution >= 0.6 is 0 Å². The van der Waals surface area contributed by atoms with Gasteiger partial charge in [0.15, 0.2) is 0 Å². The first-order chi connectivity index (χ1) is 8.72. The third-order valence-corrected chi connectivity index (χ3v) is 3.27. The molecule has 0 spiro atoms. The molecule has 1 aromatic rings. The number of rotatable bonds is 4. The van der Waals surface area contributed by atoms with Crippen molar-refractivity contribution in [2.24, 2.45) is 0 Å². The molecule has 2 atom stereocenters. The van der Waals surface area contributed by atoms with E-state index >= 15 is 0 Å². The summed E-state index contributed by atoms with van der Waals surface area (Å²) in [5, 5.41) is 9.06. The quantitative estimate of drug-likeness (QED) is 0.872. The van der Waals surface area contributed by atoms with Crippen molar-refractivity contribution in [2.75, 3.05) is 13.2 Å². The van der Waals surface area contributed by atoms with Crippen molar-refractivity contribution in [3.05, 3.63) is 35.9 Å². The molecular weight excluding hydrogens is 230 g/mol. The monoisotopic (exact) mass is 249 g/mol. The second kappa shape index (κ2) is 5.98. The van der Waals surface area contributed by atoms with E-state index in [0.717, 1.165) is 5.56 Å². The van der Waals surface area contributed by atoms with Gasteiger partial charge in [-0.05, 0) is 18.9 Å². The number of nitrogens with zero attached hydrogens (tertiary/aromatic N) is 1. The molecule has 1 heterocycles. The molecule has 1 aliphatic heterocycles. The van der Waals surface area contributed by atoms with Crippen LogP contribution < -0.4 is 0 Å². The number of aliphatic hydroxyl groups is 1. The van der Waals surface area contributed by atoms with Gasteiger partial charge in [-0.2, -0.15) is 0 Å². The standard InChI is InChI=1S/C14H19NO3/c1-11-14(17)15(13(7-8-16)10-18-11)9-12-5-3-2-4-6-12/h2-6,11,13,16H,7-10H2,1H3. The van der Waals surface area contributed by atoms with Gasteiger partial charge in [0.05, 0.1) is 12.6 Å². The van der Waals surface area contributed by atoms with Gasteiger partial charge in [-0.15, -0.1) is 0 Å². The SMILES string of the molecule is CC1OCC(CCO)N(Cc2ccccc2)C1=O. The van der Waals surface area contributed by atoms with E-state index in [2.05, 4.69) is 0 Å². The lowest BCUT2D eigenvalue weighted by molar-refractivity contribution is -0.159. The number of benzene rings is 1. The highest BCUT2D eigenvalue weighted by molar-refractivity contribution is 5.81. The maximum Gasteiger partial charge on any atom is 0.252 e. The largest absolute Gasteiger partial charge is 0.396 e. The van der Waals surface area contributed by atoms with Crippen molar-refractivity contribution in [3.8, 4) is 0 Å². The normalized spacial score (nSPS) is 24.3. The fourth-order valence-corrected chi connectivity index (χ4v) is 2.21. The van der Waals surface area contributed by atoms with E-state index in [0.29, 0.717) is 19.6 Å². The Hall–Kier alpha value is -1.39. The maximum atomic E-state index is 12.1. The molecule has 1 saturated heterocycles. The van der Waals surface area contributed by atoms with E-state index in [-0.39, 0.29) is 24.7 Å². The lowest BCUT2D eigenvalue weighted by Gasteiger charge is -2.38. The predicted molar refractivity (Wildman–Crippen MR) is 67.9 cm³/mol. The molecule has 4 nitrogen and oxygen atoms in total. The van der Waals surface area contributed by atoms with Gasteiger partial charge >= 0.3 is 0 Å². The number of hydrogen-bond donors (Lipinski definition) is 1. The molecule has 1 N–H and O–H groups in total. The molecular formula is C14H19NO3. The number of amides is 1. The average Bonchev–Trinajstić information content (AvgIpc) is 2.40. The molecule has 0 saturated carbocycles. The zero-order chi connectivity index (χ0) is 13.0. The Labute approximate surface area is 107 Å². The Morgan fingerprint density at radius 1 is 1.39 bits per heavy atom. The summed E-state index contributed by atoms with van der Waals surface area (Å²) in [6.07, 6.45) is 0.175. The van der Waals surface area contributed by atoms with E-state index in [1.807, 2.05) is 35.2 Å². The Bertz CT molecular complexity index is 393. The second-order valence-electron chi connectivity index (χ2n) is 4.59. The molecule has 18 heavy (non-hydrogen) atoms. The number of ether oxygens (including phenoxy) is 1. The molecule has 0 aromatic heterocycles. The number of aliphatic hydroxyl groups excluding tert-OH is 1. The Kier molecular flexibility index (Phi) is 4.33. The minimum absolute atomic E-state index is 0.00329. The Balaban J connectivity index is 2.11. The summed E-state index contributed by atoms with van der Waals surface area (Å²) in [5.74, 6) is 0.00329. The molecule has 1 fully saturated rings. The third-order valence-electron chi connectivity index (χ3n) is 3.27. The van der Waals surface area contributed by atoms with Crippen molar-refractivity contribution < 1.29 is 14.6 Å². The second-order valence-corrected chi connectivity index (χ2v) is 4.59. The Morgan fingerprint density at radius 2 is 2.11 bits per heavy atom. The van der Waals surface area contributed by atoms with Gasteiger partial charge < -0.3 is 14.7 Å². The van der Waals surface area contributed by atoms with E-state index in [1.54, 1.807) is 6.92 Å². The summed E-state index contributed by atoms with van der Waals surface area (Å²) in [6.45, 7) is 2.93. The molecule has 1 aromatic carbocycles. The molecule has 1 aliphatic rings. The van der Waals surface area contributed by atoms with Crippen LogP contribution in [-0.2, 0) is 16.1 Å². The first kappa shape index (κ1) is 13.1. The van der Waals surface area contributed by atoms with Crippen LogP contribution in [0.15, 0.2) is 30.3 Å². The van der Waals surface area contributed by atoms with Crippen LogP contribution in [0.3, 0.4) is 0 Å². The fourth-order valence-electron chi connectivity index (χ4n) is 2.21. The molecule has 2 rings (SSSR count). The smallest absolute Gasteiger partial charge is 0.252 e. The molecule has 0 radical (unpaired) electrons. The van der Waals surface area contributed by atoms with Gasteiger partial charge in [0.2, 0.25) is 0 Å². The van der Waals surface area contributed by atoms with Crippen LogP contribution in [0.5, 0.6) is 0 Å². The summed E-state index contributed by atoms with van der Waals surface area (Å²) >= 11 is 0. The molecule has 0 aliphatic carbocycles. The van der Waals surface area contributed by atoms with Crippen LogP contribution in [-0.4, -0.2) is 41.3 Å². The minimum atomic E-state index is -0.386. The first-order valence-electron chi connectivity index (χ1n) is 6.29. The lowest BCUT2D eigenvalue weighted by atomic mass is 10.1. The average molecular weight is 249 g/mol. The summed E-state index contributed by atoms with van der Waals surface area (Å²) in [7, 11) is 0. The van der Waals surface area contributed by atoms with Crippen LogP contribution in [0.25, 0.3) is 0 Å². The summed E-state index contributed by atoms with van der Waals surface area (Å²) in [5.41, 5.74) is 1.10. The number of hydrogen-bond acceptors (Lipinski definition) is 3. The Morgan fingerprint density at radius 3 is 2.78 bits per heavy atom. The number of carbonyl (C=O) groups is 1. The molecule has 2 unspecified atom stereocenters. The van der Waals surface area contributed by atoms with Crippen LogP contribution in [0, 0.1) is 0 Å². The third kappa shape index (κ3) is 2.89. The van der Waals surface area contributed by atoms with Crippen LogP contribution in [0.4, 0.5) is 0 Å². The van der Waals surface area contributed by atoms with E-state index in [1.165, 1.54) is 0 Å². The van der Waals surface area contributed by atoms with Crippen molar-refractivity contribution in [1.82, 2.24) is 4.90 Å². The number of carbonyl (C=O) groups excluding carboxylic acids is 1. The summed E-state index contributed by atoms with van der Waals surface area (Å²) in [6, 6.07) is 9.86. The number of morpholine rings is 1. The van der Waals surface area contributed by atoms with E-state index < -0.39 is 0 Å². The van der Waals surface area contributed by atoms with E-state index in [4.69, 9.17) is 9.84 Å². The van der Waals surface area contributed by atoms with Gasteiger partial charge in [-0.1, -0.05) is 30.3 Å². The van der Waals surface area contributed by atoms with Gasteiger partial charge in [0, 0.05) is 13.2 Å². The zero-order valence-electron chi connectivity index (χ0n) is 10.6. The van der Waals surface area contributed by atoms with Gasteiger partial charge in [0.25, 0.3) is 5.91 Å². The van der Waals surface area contributed by atoms with Crippen LogP contribution in [0.2, 0.25) is 0 Å². The minimum Gasteiger partial charge on any atom is -0.396 e. The van der Waals surface area contributed by atoms with Crippen LogP contribution in [0.1, 0.15) is 18.9 Å². The fraction of sp³-hybridized carbons (Fsp3) is 0.500. The molecule has 4 heteroatoms. The van der Waals surface area contributed by atoms with Crippen molar-refractivity contribution >= 4 is 5.91 Å². The van der Waals surface area contributed by atoms with E-state index in [9.17, 15) is 4.79 Å². The summed E-state index contributed by atoms with van der Waals surface area (Å²) < 4.78 is 5.42.